The monoisotopic (exact) mass is 641 g/mol. The van der Waals surface area contributed by atoms with E-state index in [0.29, 0.717) is 11.1 Å². The summed E-state index contributed by atoms with van der Waals surface area (Å²) >= 11 is 3.48. The van der Waals surface area contributed by atoms with Gasteiger partial charge in [-0.3, -0.25) is 14.5 Å². The summed E-state index contributed by atoms with van der Waals surface area (Å²) in [5.74, 6) is -2.74. The molecule has 2 amide bonds. The number of anilines is 1. The number of benzene rings is 1. The second kappa shape index (κ2) is 12.2. The number of aromatic hydroxyl groups is 2. The van der Waals surface area contributed by atoms with Crippen molar-refractivity contribution in [3.05, 3.63) is 40.5 Å². The molecule has 0 aliphatic carbocycles. The van der Waals surface area contributed by atoms with Gasteiger partial charge in [0, 0.05) is 22.4 Å². The summed E-state index contributed by atoms with van der Waals surface area (Å²) in [5.41, 5.74) is 6.31. The third-order valence-electron chi connectivity index (χ3n) is 5.70. The minimum atomic E-state index is -1.29. The van der Waals surface area contributed by atoms with Crippen molar-refractivity contribution in [2.24, 2.45) is 5.16 Å². The van der Waals surface area contributed by atoms with Crippen molar-refractivity contribution in [1.29, 1.82) is 0 Å². The topological polar surface area (TPSA) is 227 Å². The van der Waals surface area contributed by atoms with Crippen LogP contribution < -0.4 is 11.1 Å². The van der Waals surface area contributed by atoms with Crippen molar-refractivity contribution < 1.29 is 39.0 Å². The number of aromatic nitrogens is 3. The molecule has 1 aromatic carbocycles. The number of thioether (sulfide) groups is 2. The van der Waals surface area contributed by atoms with Gasteiger partial charge in [0.1, 0.15) is 29.9 Å². The molecular weight excluding hydrogens is 622 g/mol. The van der Waals surface area contributed by atoms with Crippen molar-refractivity contribution in [2.75, 3.05) is 24.3 Å². The molecule has 6 N–H and O–H groups in total. The van der Waals surface area contributed by atoms with Crippen LogP contribution in [0.4, 0.5) is 5.13 Å². The van der Waals surface area contributed by atoms with Gasteiger partial charge in [-0.2, -0.15) is 0 Å². The number of phenols is 2. The van der Waals surface area contributed by atoms with E-state index in [0.717, 1.165) is 28.0 Å². The number of nitrogens with zero attached hydrogens (tertiary/aromatic N) is 5. The molecule has 19 heteroatoms. The number of oxime groups is 1. The molecule has 0 radical (unpaired) electrons. The number of fused-ring (bicyclic) bond motifs is 1. The molecule has 0 spiro atoms. The van der Waals surface area contributed by atoms with E-state index in [4.69, 9.17) is 15.0 Å². The predicted molar refractivity (Wildman–Crippen MR) is 151 cm³/mol. The first-order chi connectivity index (χ1) is 19.2. The lowest BCUT2D eigenvalue weighted by Gasteiger charge is -2.49. The van der Waals surface area contributed by atoms with Gasteiger partial charge in [0.05, 0.1) is 0 Å². The Bertz CT molecular complexity index is 1580. The number of nitrogens with one attached hydrogen (secondary N) is 1. The minimum absolute atomic E-state index is 0. The largest absolute Gasteiger partial charge is 0.504 e. The normalized spacial score (nSPS) is 18.3. The highest BCUT2D eigenvalue weighted by Crippen LogP contribution is 2.42. The van der Waals surface area contributed by atoms with Gasteiger partial charge < -0.3 is 35.6 Å². The van der Waals surface area contributed by atoms with Gasteiger partial charge >= 0.3 is 5.97 Å². The second-order valence-corrected chi connectivity index (χ2v) is 11.1. The van der Waals surface area contributed by atoms with Gasteiger partial charge in [-0.25, -0.2) is 9.78 Å². The van der Waals surface area contributed by atoms with E-state index in [1.807, 2.05) is 0 Å². The van der Waals surface area contributed by atoms with Crippen LogP contribution in [0.3, 0.4) is 0 Å². The number of nitrogens with two attached hydrogens (primary N) is 1. The number of phenolic OH excluding ortho intramolecular Hbond substituents is 2. The van der Waals surface area contributed by atoms with E-state index < -0.39 is 29.2 Å². The maximum atomic E-state index is 13.0. The Balaban J connectivity index is 0.00000387. The zero-order valence-electron chi connectivity index (χ0n) is 20.7. The highest BCUT2D eigenvalue weighted by atomic mass is 35.5. The average molecular weight is 642 g/mol. The number of carboxylic acid groups (broad SMARTS) is 1. The molecule has 1 saturated heterocycles. The zero-order chi connectivity index (χ0) is 28.6. The van der Waals surface area contributed by atoms with Crippen LogP contribution in [0.2, 0.25) is 0 Å². The molecule has 216 valence electrons. The molecule has 15 nitrogen and oxygen atoms in total. The fourth-order valence-electron chi connectivity index (χ4n) is 3.89. The fraction of sp³-hybridized carbons (Fsp3) is 0.227. The number of hydrogen-bond donors (Lipinski definition) is 5. The first-order valence-electron chi connectivity index (χ1n) is 11.2. The number of hydrogen-bond acceptors (Lipinski definition) is 15. The van der Waals surface area contributed by atoms with E-state index in [2.05, 4.69) is 25.7 Å². The van der Waals surface area contributed by atoms with E-state index in [1.165, 1.54) is 42.5 Å². The van der Waals surface area contributed by atoms with Gasteiger partial charge in [-0.05, 0) is 23.8 Å². The zero-order valence-corrected chi connectivity index (χ0v) is 24.0. The Morgan fingerprint density at radius 2 is 2.10 bits per heavy atom. The van der Waals surface area contributed by atoms with Crippen molar-refractivity contribution in [3.8, 4) is 23.0 Å². The summed E-state index contributed by atoms with van der Waals surface area (Å²) < 4.78 is 5.58. The van der Waals surface area contributed by atoms with Gasteiger partial charge in [-0.1, -0.05) is 16.9 Å². The van der Waals surface area contributed by atoms with Crippen molar-refractivity contribution in [1.82, 2.24) is 25.4 Å². The highest BCUT2D eigenvalue weighted by molar-refractivity contribution is 8.01. The Morgan fingerprint density at radius 1 is 1.32 bits per heavy atom. The van der Waals surface area contributed by atoms with Gasteiger partial charge in [0.25, 0.3) is 17.0 Å². The molecule has 3 aromatic rings. The number of nitrogen functional groups attached to an aromatic ring is 1. The Hall–Kier alpha value is -4.00. The third-order valence-corrected chi connectivity index (χ3v) is 8.62. The standard InChI is InChI=1S/C22H19N7O8S3.ClH/c1-36-28-13(10-7-39-21(23)24-10)16(32)25-14-18(33)29-15(20(34)35)9(5-38-19(14)29)6-40-22-27-26-17(37-22)8-2-3-11(30)12(31)4-8;/h2-4,7,14,19,30-31H,5-6H2,1H3,(H2,23,24)(H,25,32)(H,34,35);1H/t14-,19-;/m1./s1. The summed E-state index contributed by atoms with van der Waals surface area (Å²) in [6.45, 7) is 0. The van der Waals surface area contributed by atoms with Crippen LogP contribution in [0.15, 0.2) is 49.6 Å². The molecule has 2 aromatic heterocycles. The number of rotatable bonds is 9. The molecule has 2 aliphatic rings. The predicted octanol–water partition coefficient (Wildman–Crippen LogP) is 1.49. The number of halogens is 1. The maximum Gasteiger partial charge on any atom is 0.352 e. The molecule has 2 atom stereocenters. The van der Waals surface area contributed by atoms with Crippen LogP contribution in [0.5, 0.6) is 11.5 Å². The fourth-order valence-corrected chi connectivity index (χ4v) is 6.68. The maximum absolute atomic E-state index is 13.0. The molecule has 4 heterocycles. The lowest BCUT2D eigenvalue weighted by Crippen LogP contribution is -2.71. The number of amides is 2. The van der Waals surface area contributed by atoms with Crippen molar-refractivity contribution >= 4 is 75.9 Å². The number of carbonyl (C=O) groups excluding carboxylic acids is 2. The van der Waals surface area contributed by atoms with E-state index in [9.17, 15) is 29.7 Å². The minimum Gasteiger partial charge on any atom is -0.504 e. The molecular formula is C22H20ClN7O8S3. The van der Waals surface area contributed by atoms with Gasteiger partial charge in [-0.15, -0.1) is 45.7 Å². The first kappa shape index (κ1) is 30.0. The summed E-state index contributed by atoms with van der Waals surface area (Å²) in [6, 6.07) is 3.04. The van der Waals surface area contributed by atoms with Crippen LogP contribution in [-0.2, 0) is 19.2 Å². The van der Waals surface area contributed by atoms with E-state index in [1.54, 1.807) is 0 Å². The number of carbonyl (C=O) groups is 3. The van der Waals surface area contributed by atoms with Crippen molar-refractivity contribution in [3.63, 3.8) is 0 Å². The Labute approximate surface area is 249 Å². The van der Waals surface area contributed by atoms with Crippen LogP contribution in [-0.4, -0.2) is 88.9 Å². The number of thiazole rings is 1. The average Bonchev–Trinajstić information content (AvgIpc) is 3.59. The van der Waals surface area contributed by atoms with E-state index in [-0.39, 0.29) is 68.8 Å². The molecule has 1 fully saturated rings. The Morgan fingerprint density at radius 3 is 2.76 bits per heavy atom. The van der Waals surface area contributed by atoms with Gasteiger partial charge in [0.2, 0.25) is 5.89 Å². The highest BCUT2D eigenvalue weighted by Gasteiger charge is 2.54. The SMILES string of the molecule is CON=C(C(=O)N[C@@H]1C(=O)N2C(C(=O)O)=C(CSc3nnc(-c4ccc(O)c(O)c4)o3)CS[C@H]12)c1csc(N)n1.Cl. The molecule has 2 aliphatic heterocycles. The van der Waals surface area contributed by atoms with Crippen molar-refractivity contribution in [2.45, 2.75) is 16.6 Å². The van der Waals surface area contributed by atoms with Crippen LogP contribution in [0, 0.1) is 0 Å². The smallest absolute Gasteiger partial charge is 0.352 e. The molecule has 0 unspecified atom stereocenters. The quantitative estimate of drug-likeness (QED) is 0.0733. The Kier molecular flexibility index (Phi) is 8.95. The third kappa shape index (κ3) is 5.90. The van der Waals surface area contributed by atoms with Crippen LogP contribution in [0.25, 0.3) is 11.5 Å². The molecule has 0 bridgehead atoms. The number of carboxylic acids is 1. The number of β-lactam (4-membered cyclic amide) rings is 1. The molecule has 0 saturated carbocycles. The lowest BCUT2D eigenvalue weighted by molar-refractivity contribution is -0.150. The summed E-state index contributed by atoms with van der Waals surface area (Å²) in [7, 11) is 1.26. The first-order valence-corrected chi connectivity index (χ1v) is 14.1. The molecule has 5 rings (SSSR count). The summed E-state index contributed by atoms with van der Waals surface area (Å²) in [6.07, 6.45) is 0. The lowest BCUT2D eigenvalue weighted by atomic mass is 10.0. The number of aliphatic carboxylic acids is 1. The summed E-state index contributed by atoms with van der Waals surface area (Å²) in [4.78, 5) is 48.0. The summed E-state index contributed by atoms with van der Waals surface area (Å²) in [5, 5.41) is 44.4. The van der Waals surface area contributed by atoms with Crippen LogP contribution in [0.1, 0.15) is 5.69 Å². The van der Waals surface area contributed by atoms with E-state index >= 15 is 0 Å². The van der Waals surface area contributed by atoms with Gasteiger partial charge in [0.15, 0.2) is 22.3 Å². The van der Waals surface area contributed by atoms with Crippen LogP contribution >= 0.6 is 47.3 Å². The second-order valence-electron chi connectivity index (χ2n) is 8.18. The molecule has 41 heavy (non-hydrogen) atoms.